The molecule has 0 aliphatic rings. The number of carbonyl (C=O) groups is 1. The van der Waals surface area contributed by atoms with Gasteiger partial charge in [-0.25, -0.2) is 4.68 Å². The van der Waals surface area contributed by atoms with Crippen LogP contribution < -0.4 is 5.32 Å². The molecule has 0 unspecified atom stereocenters. The van der Waals surface area contributed by atoms with Crippen molar-refractivity contribution in [3.8, 4) is 5.69 Å². The van der Waals surface area contributed by atoms with E-state index in [4.69, 9.17) is 0 Å². The monoisotopic (exact) mass is 308 g/mol. The largest absolute Gasteiger partial charge is 0.392 e. The molecule has 2 aromatic carbocycles. The molecule has 3 aromatic rings. The fourth-order valence-electron chi connectivity index (χ4n) is 2.23. The molecule has 0 aliphatic heterocycles. The van der Waals surface area contributed by atoms with Crippen LogP contribution in [0.3, 0.4) is 0 Å². The SMILES string of the molecule is Cc1ccc(CO)cc1NC(=O)c1cccc(-n2ccnn2)c1. The maximum Gasteiger partial charge on any atom is 0.255 e. The van der Waals surface area contributed by atoms with Crippen LogP contribution in [-0.2, 0) is 6.61 Å². The topological polar surface area (TPSA) is 80.0 Å². The van der Waals surface area contributed by atoms with E-state index < -0.39 is 0 Å². The summed E-state index contributed by atoms with van der Waals surface area (Å²) in [5.41, 5.74) is 3.65. The van der Waals surface area contributed by atoms with Gasteiger partial charge in [-0.1, -0.05) is 23.4 Å². The van der Waals surface area contributed by atoms with Gasteiger partial charge in [0.25, 0.3) is 5.91 Å². The molecule has 6 nitrogen and oxygen atoms in total. The minimum Gasteiger partial charge on any atom is -0.392 e. The summed E-state index contributed by atoms with van der Waals surface area (Å²) in [7, 11) is 0. The van der Waals surface area contributed by atoms with Gasteiger partial charge in [-0.3, -0.25) is 4.79 Å². The Bertz CT molecular complexity index is 828. The fourth-order valence-corrected chi connectivity index (χ4v) is 2.23. The number of hydrogen-bond donors (Lipinski definition) is 2. The van der Waals surface area contributed by atoms with Gasteiger partial charge < -0.3 is 10.4 Å². The lowest BCUT2D eigenvalue weighted by molar-refractivity contribution is 0.102. The molecule has 3 rings (SSSR count). The lowest BCUT2D eigenvalue weighted by atomic mass is 10.1. The van der Waals surface area contributed by atoms with Crippen molar-refractivity contribution in [2.45, 2.75) is 13.5 Å². The first kappa shape index (κ1) is 14.9. The molecule has 0 radical (unpaired) electrons. The van der Waals surface area contributed by atoms with Gasteiger partial charge in [0.2, 0.25) is 0 Å². The van der Waals surface area contributed by atoms with E-state index in [0.29, 0.717) is 11.3 Å². The van der Waals surface area contributed by atoms with E-state index in [9.17, 15) is 9.90 Å². The van der Waals surface area contributed by atoms with E-state index in [1.54, 1.807) is 41.3 Å². The standard InChI is InChI=1S/C17H16N4O2/c1-12-5-6-13(11-22)9-16(12)19-17(23)14-3-2-4-15(10-14)21-8-7-18-20-21/h2-10,22H,11H2,1H3,(H,19,23). The maximum atomic E-state index is 12.5. The van der Waals surface area contributed by atoms with Crippen molar-refractivity contribution in [3.63, 3.8) is 0 Å². The van der Waals surface area contributed by atoms with Gasteiger partial charge in [-0.05, 0) is 42.3 Å². The lowest BCUT2D eigenvalue weighted by Gasteiger charge is -2.10. The first-order chi connectivity index (χ1) is 11.2. The van der Waals surface area contributed by atoms with Crippen molar-refractivity contribution in [1.82, 2.24) is 15.0 Å². The van der Waals surface area contributed by atoms with Gasteiger partial charge in [-0.15, -0.1) is 5.10 Å². The zero-order valence-corrected chi connectivity index (χ0v) is 12.6. The summed E-state index contributed by atoms with van der Waals surface area (Å²) in [6.45, 7) is 1.84. The number of aryl methyl sites for hydroxylation is 1. The number of nitrogens with one attached hydrogen (secondary N) is 1. The Hall–Kier alpha value is -2.99. The molecule has 2 N–H and O–H groups in total. The Balaban J connectivity index is 1.85. The van der Waals surface area contributed by atoms with Crippen LogP contribution in [0.5, 0.6) is 0 Å². The fraction of sp³-hybridized carbons (Fsp3) is 0.118. The molecule has 1 aromatic heterocycles. The molecule has 0 fully saturated rings. The third-order valence-electron chi connectivity index (χ3n) is 3.53. The smallest absolute Gasteiger partial charge is 0.255 e. The molecule has 0 saturated carbocycles. The molecule has 1 heterocycles. The summed E-state index contributed by atoms with van der Waals surface area (Å²) in [4.78, 5) is 12.5. The second-order valence-corrected chi connectivity index (χ2v) is 5.16. The quantitative estimate of drug-likeness (QED) is 0.775. The summed E-state index contributed by atoms with van der Waals surface area (Å²) in [5, 5.41) is 19.8. The number of aromatic nitrogens is 3. The Kier molecular flexibility index (Phi) is 4.16. The average molecular weight is 308 g/mol. The first-order valence-corrected chi connectivity index (χ1v) is 7.16. The van der Waals surface area contributed by atoms with E-state index in [-0.39, 0.29) is 12.5 Å². The van der Waals surface area contributed by atoms with Gasteiger partial charge >= 0.3 is 0 Å². The number of anilines is 1. The zero-order valence-electron chi connectivity index (χ0n) is 12.6. The summed E-state index contributed by atoms with van der Waals surface area (Å²) in [6, 6.07) is 12.6. The Morgan fingerprint density at radius 2 is 2.13 bits per heavy atom. The van der Waals surface area contributed by atoms with Crippen molar-refractivity contribution >= 4 is 11.6 Å². The molecule has 0 bridgehead atoms. The number of nitrogens with zero attached hydrogens (tertiary/aromatic N) is 3. The Morgan fingerprint density at radius 3 is 2.87 bits per heavy atom. The molecule has 0 spiro atoms. The van der Waals surface area contributed by atoms with E-state index >= 15 is 0 Å². The van der Waals surface area contributed by atoms with Gasteiger partial charge in [-0.2, -0.15) is 0 Å². The molecule has 1 amide bonds. The molecule has 0 atom stereocenters. The minimum atomic E-state index is -0.217. The average Bonchev–Trinajstić information content (AvgIpc) is 3.11. The van der Waals surface area contributed by atoms with Crippen molar-refractivity contribution in [1.29, 1.82) is 0 Å². The number of aliphatic hydroxyl groups excluding tert-OH is 1. The third-order valence-corrected chi connectivity index (χ3v) is 3.53. The molecule has 0 saturated heterocycles. The number of amides is 1. The van der Waals surface area contributed by atoms with Gasteiger partial charge in [0.05, 0.1) is 24.7 Å². The predicted octanol–water partition coefficient (Wildman–Crippen LogP) is 2.32. The third kappa shape index (κ3) is 3.27. The summed E-state index contributed by atoms with van der Waals surface area (Å²) in [6.07, 6.45) is 3.29. The molecule has 23 heavy (non-hydrogen) atoms. The van der Waals surface area contributed by atoms with E-state index in [1.165, 1.54) is 0 Å². The number of carbonyl (C=O) groups excluding carboxylic acids is 1. The van der Waals surface area contributed by atoms with Gasteiger partial charge in [0, 0.05) is 11.3 Å². The Labute approximate surface area is 133 Å². The van der Waals surface area contributed by atoms with Gasteiger partial charge in [0.15, 0.2) is 0 Å². The van der Waals surface area contributed by atoms with Crippen molar-refractivity contribution in [2.24, 2.45) is 0 Å². The lowest BCUT2D eigenvalue weighted by Crippen LogP contribution is -2.13. The molecule has 116 valence electrons. The zero-order chi connectivity index (χ0) is 16.2. The van der Waals surface area contributed by atoms with Crippen molar-refractivity contribution < 1.29 is 9.90 Å². The highest BCUT2D eigenvalue weighted by molar-refractivity contribution is 6.05. The normalized spacial score (nSPS) is 10.5. The number of rotatable bonds is 4. The summed E-state index contributed by atoms with van der Waals surface area (Å²) >= 11 is 0. The van der Waals surface area contributed by atoms with Crippen LogP contribution in [0, 0.1) is 6.92 Å². The van der Waals surface area contributed by atoms with E-state index in [1.807, 2.05) is 25.1 Å². The van der Waals surface area contributed by atoms with Crippen LogP contribution in [0.4, 0.5) is 5.69 Å². The van der Waals surface area contributed by atoms with Crippen LogP contribution in [0.15, 0.2) is 54.9 Å². The molecular formula is C17H16N4O2. The van der Waals surface area contributed by atoms with Crippen LogP contribution in [0.2, 0.25) is 0 Å². The molecule has 6 heteroatoms. The van der Waals surface area contributed by atoms with Gasteiger partial charge in [0.1, 0.15) is 0 Å². The van der Waals surface area contributed by atoms with Crippen LogP contribution in [-0.4, -0.2) is 26.0 Å². The highest BCUT2D eigenvalue weighted by Gasteiger charge is 2.10. The second kappa shape index (κ2) is 6.41. The van der Waals surface area contributed by atoms with Crippen molar-refractivity contribution in [2.75, 3.05) is 5.32 Å². The van der Waals surface area contributed by atoms with Crippen LogP contribution >= 0.6 is 0 Å². The highest BCUT2D eigenvalue weighted by atomic mass is 16.3. The van der Waals surface area contributed by atoms with E-state index in [0.717, 1.165) is 16.8 Å². The Morgan fingerprint density at radius 1 is 1.26 bits per heavy atom. The van der Waals surface area contributed by atoms with Crippen molar-refractivity contribution in [3.05, 3.63) is 71.5 Å². The van der Waals surface area contributed by atoms with Crippen LogP contribution in [0.1, 0.15) is 21.5 Å². The number of hydrogen-bond acceptors (Lipinski definition) is 4. The predicted molar refractivity (Wildman–Crippen MR) is 86.4 cm³/mol. The first-order valence-electron chi connectivity index (χ1n) is 7.16. The highest BCUT2D eigenvalue weighted by Crippen LogP contribution is 2.18. The summed E-state index contributed by atoms with van der Waals surface area (Å²) in [5.74, 6) is -0.217. The number of benzene rings is 2. The molecule has 0 aliphatic carbocycles. The second-order valence-electron chi connectivity index (χ2n) is 5.16. The van der Waals surface area contributed by atoms with Crippen LogP contribution in [0.25, 0.3) is 5.69 Å². The van der Waals surface area contributed by atoms with E-state index in [2.05, 4.69) is 15.6 Å². The maximum absolute atomic E-state index is 12.5. The summed E-state index contributed by atoms with van der Waals surface area (Å²) < 4.78 is 1.59. The minimum absolute atomic E-state index is 0.0645. The molecular weight excluding hydrogens is 292 g/mol. The number of aliphatic hydroxyl groups is 1.